The normalized spacial score (nSPS) is 26.9. The molecule has 3 aromatic carbocycles. The quantitative estimate of drug-likeness (QED) is 0.184. The van der Waals surface area contributed by atoms with Gasteiger partial charge in [0.15, 0.2) is 11.5 Å². The number of carbonyl (C=O) groups is 1. The van der Waals surface area contributed by atoms with Crippen LogP contribution < -0.4 is 9.47 Å². The molecule has 5 atom stereocenters. The number of likely N-dealkylation sites (tertiary alicyclic amines) is 1. The first-order valence-corrected chi connectivity index (χ1v) is 18.8. The van der Waals surface area contributed by atoms with Crippen LogP contribution in [0.15, 0.2) is 66.7 Å². The Kier molecular flexibility index (Phi) is 8.87. The molecule has 1 spiro atoms. The Labute approximate surface area is 286 Å². The number of unbranched alkanes of at least 4 members (excludes halogenated alkanes) is 2. The highest BCUT2D eigenvalue weighted by molar-refractivity contribution is 5.77. The summed E-state index contributed by atoms with van der Waals surface area (Å²) >= 11 is 0. The standard InChI is InChI=1S/C42H52N2O4/c1-47-37-27-36(45)32-26-35-33-21-22-34(41-42(33,39(32)40(37)48-41)23-25-43(35)28-31-19-20-31)44(24-11-17-30-15-7-3-8-16-30)38(46)18-10-4-9-14-29-12-5-2-6-13-29/h2-3,5-8,12-13,15-16,27,31,33-35,41,45H,4,9-11,14,17-26,28H2,1H3/t33-,34+,35+,41-,42-/m0/s1. The van der Waals surface area contributed by atoms with Gasteiger partial charge in [0.1, 0.15) is 11.9 Å². The minimum absolute atomic E-state index is 0.00896. The van der Waals surface area contributed by atoms with E-state index in [4.69, 9.17) is 9.47 Å². The molecule has 1 N–H and O–H groups in total. The first kappa shape index (κ1) is 31.7. The van der Waals surface area contributed by atoms with E-state index in [-0.39, 0.29) is 23.5 Å². The fourth-order valence-electron chi connectivity index (χ4n) is 10.1. The van der Waals surface area contributed by atoms with Gasteiger partial charge in [-0.25, -0.2) is 0 Å². The van der Waals surface area contributed by atoms with Gasteiger partial charge in [-0.1, -0.05) is 67.1 Å². The van der Waals surface area contributed by atoms with Gasteiger partial charge in [0.05, 0.1) is 13.2 Å². The van der Waals surface area contributed by atoms with Crippen molar-refractivity contribution < 1.29 is 19.4 Å². The molecule has 3 aromatic rings. The van der Waals surface area contributed by atoms with Crippen molar-refractivity contribution in [2.45, 2.75) is 107 Å². The summed E-state index contributed by atoms with van der Waals surface area (Å²) in [4.78, 5) is 19.4. The van der Waals surface area contributed by atoms with Gasteiger partial charge in [0, 0.05) is 48.2 Å². The maximum absolute atomic E-state index is 14.4. The van der Waals surface area contributed by atoms with Crippen LogP contribution in [0.4, 0.5) is 0 Å². The van der Waals surface area contributed by atoms with Crippen molar-refractivity contribution in [3.8, 4) is 17.2 Å². The van der Waals surface area contributed by atoms with Gasteiger partial charge in [-0.15, -0.1) is 0 Å². The molecule has 2 heterocycles. The fourth-order valence-corrected chi connectivity index (χ4v) is 10.1. The third kappa shape index (κ3) is 5.78. The van der Waals surface area contributed by atoms with Gasteiger partial charge in [-0.3, -0.25) is 9.69 Å². The molecule has 48 heavy (non-hydrogen) atoms. The van der Waals surface area contributed by atoms with Gasteiger partial charge in [0.2, 0.25) is 5.91 Å². The average molecular weight is 649 g/mol. The molecule has 2 aliphatic heterocycles. The van der Waals surface area contributed by atoms with Crippen LogP contribution in [0.3, 0.4) is 0 Å². The lowest BCUT2D eigenvalue weighted by Gasteiger charge is -2.60. The molecule has 2 saturated carbocycles. The number of hydrogen-bond donors (Lipinski definition) is 1. The van der Waals surface area contributed by atoms with E-state index in [0.717, 1.165) is 94.5 Å². The fraction of sp³-hybridized carbons (Fsp3) is 0.548. The van der Waals surface area contributed by atoms with Crippen LogP contribution in [0.25, 0.3) is 0 Å². The number of aryl methyl sites for hydroxylation is 2. The molecule has 6 nitrogen and oxygen atoms in total. The number of phenols is 1. The van der Waals surface area contributed by atoms with E-state index in [1.54, 1.807) is 13.2 Å². The van der Waals surface area contributed by atoms with Gasteiger partial charge in [0.25, 0.3) is 0 Å². The van der Waals surface area contributed by atoms with E-state index in [0.29, 0.717) is 29.9 Å². The molecule has 3 fully saturated rings. The topological polar surface area (TPSA) is 62.2 Å². The van der Waals surface area contributed by atoms with E-state index >= 15 is 0 Å². The summed E-state index contributed by atoms with van der Waals surface area (Å²) in [6.07, 6.45) is 13.1. The Morgan fingerprint density at radius 2 is 1.69 bits per heavy atom. The van der Waals surface area contributed by atoms with E-state index < -0.39 is 0 Å². The van der Waals surface area contributed by atoms with E-state index in [9.17, 15) is 9.90 Å². The van der Waals surface area contributed by atoms with Gasteiger partial charge in [-0.05, 0) is 100 Å². The summed E-state index contributed by atoms with van der Waals surface area (Å²) in [7, 11) is 1.68. The third-order valence-corrected chi connectivity index (χ3v) is 12.5. The van der Waals surface area contributed by atoms with Crippen molar-refractivity contribution in [3.05, 3.63) is 89.0 Å². The van der Waals surface area contributed by atoms with Crippen molar-refractivity contribution >= 4 is 5.91 Å². The molecule has 0 aromatic heterocycles. The summed E-state index contributed by atoms with van der Waals surface area (Å²) in [5.41, 5.74) is 4.77. The molecule has 1 amide bonds. The lowest BCUT2D eigenvalue weighted by Crippen LogP contribution is -2.69. The number of piperidine rings is 1. The number of methoxy groups -OCH3 is 1. The summed E-state index contributed by atoms with van der Waals surface area (Å²) < 4.78 is 13.0. The number of rotatable bonds is 14. The predicted octanol–water partition coefficient (Wildman–Crippen LogP) is 7.48. The maximum atomic E-state index is 14.4. The van der Waals surface area contributed by atoms with E-state index in [2.05, 4.69) is 70.5 Å². The molecule has 5 aliphatic rings. The molecule has 0 unspecified atom stereocenters. The second kappa shape index (κ2) is 13.4. The summed E-state index contributed by atoms with van der Waals surface area (Å²) in [5, 5.41) is 11.4. The Morgan fingerprint density at radius 3 is 2.40 bits per heavy atom. The van der Waals surface area contributed by atoms with Crippen molar-refractivity contribution in [3.63, 3.8) is 0 Å². The average Bonchev–Trinajstić information content (AvgIpc) is 3.87. The van der Waals surface area contributed by atoms with Crippen LogP contribution in [0.1, 0.15) is 86.5 Å². The zero-order valence-corrected chi connectivity index (χ0v) is 28.6. The number of carbonyl (C=O) groups excluding carboxylic acids is 1. The number of amides is 1. The smallest absolute Gasteiger partial charge is 0.222 e. The number of phenolic OH excluding ortho intramolecular Hbond substituents is 1. The van der Waals surface area contributed by atoms with Crippen molar-refractivity contribution in [2.24, 2.45) is 11.8 Å². The summed E-state index contributed by atoms with van der Waals surface area (Å²) in [6.45, 7) is 2.98. The highest BCUT2D eigenvalue weighted by Gasteiger charge is 2.67. The Bertz CT molecular complexity index is 1590. The molecule has 0 radical (unpaired) electrons. The molecule has 254 valence electrons. The molecular formula is C42H52N2O4. The zero-order valence-electron chi connectivity index (χ0n) is 28.6. The largest absolute Gasteiger partial charge is 0.508 e. The number of aromatic hydroxyl groups is 1. The molecule has 2 bridgehead atoms. The second-order valence-corrected chi connectivity index (χ2v) is 15.3. The highest BCUT2D eigenvalue weighted by atomic mass is 16.5. The van der Waals surface area contributed by atoms with Crippen LogP contribution in [0.2, 0.25) is 0 Å². The van der Waals surface area contributed by atoms with E-state index in [1.807, 2.05) is 0 Å². The number of nitrogens with zero attached hydrogens (tertiary/aromatic N) is 2. The van der Waals surface area contributed by atoms with Crippen LogP contribution in [-0.2, 0) is 29.5 Å². The van der Waals surface area contributed by atoms with Crippen LogP contribution in [0.5, 0.6) is 17.2 Å². The summed E-state index contributed by atoms with van der Waals surface area (Å²) in [5.74, 6) is 3.38. The van der Waals surface area contributed by atoms with Crippen molar-refractivity contribution in [1.82, 2.24) is 9.80 Å². The van der Waals surface area contributed by atoms with Crippen LogP contribution >= 0.6 is 0 Å². The minimum atomic E-state index is -0.198. The Balaban J connectivity index is 1.06. The molecule has 8 rings (SSSR count). The monoisotopic (exact) mass is 648 g/mol. The zero-order chi connectivity index (χ0) is 32.7. The Morgan fingerprint density at radius 1 is 0.958 bits per heavy atom. The Hall–Kier alpha value is -3.51. The molecular weight excluding hydrogens is 596 g/mol. The first-order valence-electron chi connectivity index (χ1n) is 18.8. The summed E-state index contributed by atoms with van der Waals surface area (Å²) in [6, 6.07) is 23.5. The second-order valence-electron chi connectivity index (χ2n) is 15.3. The number of hydrogen-bond acceptors (Lipinski definition) is 5. The SMILES string of the molecule is COc1cc(O)c2c3c1O[C@H]1[C@H](N(CCCc4ccccc4)C(=O)CCCCCc4ccccc4)CC[C@H]4[C@@H](C2)N(CC2CC2)CC[C@@]341. The highest BCUT2D eigenvalue weighted by Crippen LogP contribution is 2.66. The number of ether oxygens (including phenoxy) is 2. The van der Waals surface area contributed by atoms with Crippen molar-refractivity contribution in [2.75, 3.05) is 26.7 Å². The van der Waals surface area contributed by atoms with Crippen LogP contribution in [-0.4, -0.2) is 65.7 Å². The van der Waals surface area contributed by atoms with Gasteiger partial charge < -0.3 is 19.5 Å². The van der Waals surface area contributed by atoms with Gasteiger partial charge in [-0.2, -0.15) is 0 Å². The third-order valence-electron chi connectivity index (χ3n) is 12.5. The molecule has 1 saturated heterocycles. The lowest BCUT2D eigenvalue weighted by atomic mass is 9.50. The maximum Gasteiger partial charge on any atom is 0.222 e. The van der Waals surface area contributed by atoms with Crippen molar-refractivity contribution in [1.29, 1.82) is 0 Å². The van der Waals surface area contributed by atoms with Gasteiger partial charge >= 0.3 is 0 Å². The molecule has 3 aliphatic carbocycles. The van der Waals surface area contributed by atoms with E-state index in [1.165, 1.54) is 36.1 Å². The van der Waals surface area contributed by atoms with Crippen LogP contribution in [0, 0.1) is 11.8 Å². The first-order chi connectivity index (χ1) is 23.6. The number of benzene rings is 3. The minimum Gasteiger partial charge on any atom is -0.508 e. The lowest BCUT2D eigenvalue weighted by molar-refractivity contribution is -0.143. The predicted molar refractivity (Wildman–Crippen MR) is 189 cm³/mol. The molecule has 6 heteroatoms.